The van der Waals surface area contributed by atoms with Crippen molar-refractivity contribution in [3.8, 4) is 0 Å². The van der Waals surface area contributed by atoms with Crippen LogP contribution in [-0.2, 0) is 92.8 Å². The van der Waals surface area contributed by atoms with Crippen molar-refractivity contribution in [2.75, 3.05) is 0 Å². The van der Waals surface area contributed by atoms with E-state index in [0.29, 0.717) is 0 Å². The van der Waals surface area contributed by atoms with Gasteiger partial charge < -0.3 is 0 Å². The molecule has 37 valence electrons. The normalized spacial score (nSPS) is 0. The molecule has 5 heavy (non-hydrogen) atoms. The quantitative estimate of drug-likeness (QED) is 0.457. The Morgan fingerprint density at radius 1 is 1.00 bits per heavy atom. The minimum Gasteiger partial charge on any atom is 0 e. The van der Waals surface area contributed by atoms with Crippen LogP contribution in [0, 0.1) is 0 Å². The number of rotatable bonds is 0. The Balaban J connectivity index is 0. The molecular formula is CoCrMoNiW. The van der Waals surface area contributed by atoms with Crippen molar-refractivity contribution in [2.24, 2.45) is 0 Å². The fraction of sp³-hybridized carbons (Fsp3) is 0. The summed E-state index contributed by atoms with van der Waals surface area (Å²) in [5.74, 6) is 0. The van der Waals surface area contributed by atoms with Crippen molar-refractivity contribution in [2.45, 2.75) is 0 Å². The van der Waals surface area contributed by atoms with Crippen LogP contribution in [0.2, 0.25) is 0 Å². The summed E-state index contributed by atoms with van der Waals surface area (Å²) < 4.78 is 0. The first-order valence-corrected chi connectivity index (χ1v) is 0. The third-order valence-corrected chi connectivity index (χ3v) is 0. The van der Waals surface area contributed by atoms with Crippen molar-refractivity contribution in [3.63, 3.8) is 0 Å². The predicted octanol–water partition coefficient (Wildman–Crippen LogP) is -0.0125. The first-order chi connectivity index (χ1) is 0. The van der Waals surface area contributed by atoms with Gasteiger partial charge >= 0.3 is 0 Å². The molecule has 0 spiro atoms. The van der Waals surface area contributed by atoms with E-state index in [1.165, 1.54) is 0 Å². The molecule has 0 amide bonds. The van der Waals surface area contributed by atoms with Gasteiger partial charge in [0.25, 0.3) is 0 Å². The van der Waals surface area contributed by atoms with Gasteiger partial charge in [0, 0.05) is 92.8 Å². The van der Waals surface area contributed by atoms with Gasteiger partial charge in [-0.05, 0) is 0 Å². The Bertz CT molecular complexity index is 11.6. The predicted molar refractivity (Wildman–Crippen MR) is 0 cm³/mol. The molecule has 0 aromatic rings. The van der Waals surface area contributed by atoms with Crippen LogP contribution in [0.25, 0.3) is 0 Å². The van der Waals surface area contributed by atoms with E-state index < -0.39 is 0 Å². The maximum Gasteiger partial charge on any atom is 0 e. The minimum atomic E-state index is 0. The van der Waals surface area contributed by atoms with Crippen LogP contribution in [0.1, 0.15) is 0 Å². The van der Waals surface area contributed by atoms with E-state index in [4.69, 9.17) is 0 Å². The van der Waals surface area contributed by atoms with E-state index in [1.54, 1.807) is 0 Å². The summed E-state index contributed by atoms with van der Waals surface area (Å²) in [4.78, 5) is 0. The topological polar surface area (TPSA) is 0 Å². The molecule has 5 heteroatoms. The van der Waals surface area contributed by atoms with Crippen molar-refractivity contribution in [1.82, 2.24) is 0 Å². The molecule has 0 heterocycles. The third-order valence-electron chi connectivity index (χ3n) is 0. The Labute approximate surface area is 91.4 Å². The molecule has 0 aliphatic carbocycles. The average Bonchev–Trinajstić information content (AvgIpc) is 0. The van der Waals surface area contributed by atoms with Gasteiger partial charge in [0.05, 0.1) is 0 Å². The van der Waals surface area contributed by atoms with Crippen LogP contribution in [-0.4, -0.2) is 0 Å². The number of hydrogen-bond acceptors (Lipinski definition) is 0. The van der Waals surface area contributed by atoms with E-state index in [9.17, 15) is 0 Å². The second-order valence-corrected chi connectivity index (χ2v) is 0. The van der Waals surface area contributed by atoms with E-state index in [1.807, 2.05) is 0 Å². The molecule has 0 aromatic carbocycles. The van der Waals surface area contributed by atoms with Crippen molar-refractivity contribution >= 4 is 0 Å². The van der Waals surface area contributed by atoms with Crippen LogP contribution in [0.4, 0.5) is 0 Å². The molecule has 0 nitrogen and oxygen atoms in total. The van der Waals surface area contributed by atoms with Crippen LogP contribution in [0.5, 0.6) is 0 Å². The summed E-state index contributed by atoms with van der Waals surface area (Å²) in [6, 6.07) is 0. The first kappa shape index (κ1) is 44.6. The standard InChI is InChI=1S/Co.Cr.Mo.Ni.W. The molecule has 0 saturated carbocycles. The Morgan fingerprint density at radius 2 is 1.00 bits per heavy atom. The fourth-order valence-corrected chi connectivity index (χ4v) is 0. The van der Waals surface area contributed by atoms with Crippen LogP contribution < -0.4 is 0 Å². The molecule has 0 fully saturated rings. The number of hydrogen-bond donors (Lipinski definition) is 0. The summed E-state index contributed by atoms with van der Waals surface area (Å²) in [5, 5.41) is 0. The van der Waals surface area contributed by atoms with Gasteiger partial charge in [-0.2, -0.15) is 0 Å². The largest absolute Gasteiger partial charge is 0 e. The van der Waals surface area contributed by atoms with Crippen LogP contribution >= 0.6 is 0 Å². The molecule has 0 saturated heterocycles. The first-order valence-electron chi connectivity index (χ1n) is 0. The zero-order valence-corrected chi connectivity index (χ0v) is 10.1. The molecule has 0 aromatic heterocycles. The summed E-state index contributed by atoms with van der Waals surface area (Å²) in [6.07, 6.45) is 0. The van der Waals surface area contributed by atoms with E-state index in [2.05, 4.69) is 0 Å². The summed E-state index contributed by atoms with van der Waals surface area (Å²) in [6.45, 7) is 0. The van der Waals surface area contributed by atoms with Gasteiger partial charge in [-0.3, -0.25) is 0 Å². The SMILES string of the molecule is [Co].[Cr].[Mo].[Ni].[W]. The summed E-state index contributed by atoms with van der Waals surface area (Å²) in [5.41, 5.74) is 0. The molecule has 0 rings (SSSR count). The molecule has 1 radical (unpaired) electrons. The second kappa shape index (κ2) is 28.5. The second-order valence-electron chi connectivity index (χ2n) is 0. The molecule has 0 bridgehead atoms. The summed E-state index contributed by atoms with van der Waals surface area (Å²) >= 11 is 0. The van der Waals surface area contributed by atoms with Gasteiger partial charge in [-0.15, -0.1) is 0 Å². The third kappa shape index (κ3) is 19.7. The van der Waals surface area contributed by atoms with Crippen LogP contribution in [0.3, 0.4) is 0 Å². The maximum atomic E-state index is 0. The zero-order valence-electron chi connectivity index (χ0n) is 1.87. The van der Waals surface area contributed by atoms with Crippen molar-refractivity contribution in [3.05, 3.63) is 0 Å². The van der Waals surface area contributed by atoms with Gasteiger partial charge in [-0.1, -0.05) is 0 Å². The minimum absolute atomic E-state index is 0. The van der Waals surface area contributed by atoms with Gasteiger partial charge in [-0.25, -0.2) is 0 Å². The monoisotopic (exact) mass is 451 g/mol. The van der Waals surface area contributed by atoms with Gasteiger partial charge in [0.2, 0.25) is 0 Å². The van der Waals surface area contributed by atoms with Gasteiger partial charge in [0.15, 0.2) is 0 Å². The molecule has 0 aliphatic heterocycles. The fourth-order valence-electron chi connectivity index (χ4n) is 0. The Morgan fingerprint density at radius 3 is 1.00 bits per heavy atom. The van der Waals surface area contributed by atoms with E-state index >= 15 is 0 Å². The van der Waals surface area contributed by atoms with E-state index in [-0.39, 0.29) is 92.8 Å². The molecule has 0 atom stereocenters. The molecule has 0 N–H and O–H groups in total. The Hall–Kier alpha value is 2.91. The van der Waals surface area contributed by atoms with Gasteiger partial charge in [0.1, 0.15) is 0 Å². The zero-order chi connectivity index (χ0) is 0. The Kier molecular flexibility index (Phi) is 254. The molecular weight excluding hydrogens is 449 g/mol. The smallest absolute Gasteiger partial charge is 0 e. The van der Waals surface area contributed by atoms with E-state index in [0.717, 1.165) is 0 Å². The van der Waals surface area contributed by atoms with Crippen molar-refractivity contribution < 1.29 is 92.8 Å². The molecule has 0 unspecified atom stereocenters. The van der Waals surface area contributed by atoms with Crippen molar-refractivity contribution in [1.29, 1.82) is 0 Å². The average molecular weight is 449 g/mol. The van der Waals surface area contributed by atoms with Crippen LogP contribution in [0.15, 0.2) is 0 Å². The summed E-state index contributed by atoms with van der Waals surface area (Å²) in [7, 11) is 0. The maximum absolute atomic E-state index is 0. The molecule has 0 aliphatic rings.